The van der Waals surface area contributed by atoms with Gasteiger partial charge >= 0.3 is 10.3 Å². The van der Waals surface area contributed by atoms with E-state index >= 15 is 0 Å². The predicted molar refractivity (Wildman–Crippen MR) is 123 cm³/mol. The highest BCUT2D eigenvalue weighted by molar-refractivity contribution is 7.87. The summed E-state index contributed by atoms with van der Waals surface area (Å²) in [5.74, 6) is -0.128. The number of aromatic nitrogens is 2. The zero-order valence-corrected chi connectivity index (χ0v) is 19.8. The fourth-order valence-corrected chi connectivity index (χ4v) is 5.29. The Hall–Kier alpha value is -2.34. The highest BCUT2D eigenvalue weighted by Gasteiger charge is 2.20. The number of carbonyl (C=O) groups is 1. The molecule has 3 rings (SSSR count). The maximum absolute atomic E-state index is 12.8. The van der Waals surface area contributed by atoms with Crippen molar-refractivity contribution in [2.75, 3.05) is 4.72 Å². The number of carbonyl (C=O) groups excluding carboxylic acids is 1. The molecule has 11 heteroatoms. The van der Waals surface area contributed by atoms with Crippen LogP contribution in [0.1, 0.15) is 44.8 Å². The van der Waals surface area contributed by atoms with E-state index in [1.54, 1.807) is 35.6 Å². The van der Waals surface area contributed by atoms with Gasteiger partial charge in [0.2, 0.25) is 5.91 Å². The molecule has 3 aromatic rings. The van der Waals surface area contributed by atoms with Gasteiger partial charge in [-0.1, -0.05) is 19.1 Å². The van der Waals surface area contributed by atoms with Crippen LogP contribution in [0, 0.1) is 13.8 Å². The molecule has 2 aromatic heterocycles. The first-order valence-electron chi connectivity index (χ1n) is 9.63. The molecule has 0 aliphatic heterocycles. The summed E-state index contributed by atoms with van der Waals surface area (Å²) in [4.78, 5) is 22.9. The van der Waals surface area contributed by atoms with Gasteiger partial charge in [-0.3, -0.25) is 14.1 Å². The third-order valence-electron chi connectivity index (χ3n) is 4.53. The van der Waals surface area contributed by atoms with Crippen molar-refractivity contribution < 1.29 is 17.8 Å². The Morgan fingerprint density at radius 3 is 2.45 bits per heavy atom. The minimum Gasteiger partial charge on any atom is -0.346 e. The monoisotopic (exact) mass is 480 g/mol. The molecule has 0 saturated heterocycles. The number of amides is 1. The molecule has 1 atom stereocenters. The van der Waals surface area contributed by atoms with Crippen LogP contribution in [0.5, 0.6) is 0 Å². The normalized spacial score (nSPS) is 12.5. The quantitative estimate of drug-likeness (QED) is 0.402. The van der Waals surface area contributed by atoms with Crippen LogP contribution in [-0.2, 0) is 34.4 Å². The molecule has 0 unspecified atom stereocenters. The van der Waals surface area contributed by atoms with Gasteiger partial charge in [-0.2, -0.15) is 8.42 Å². The van der Waals surface area contributed by atoms with Crippen molar-refractivity contribution in [3.63, 3.8) is 0 Å². The van der Waals surface area contributed by atoms with E-state index in [0.29, 0.717) is 6.42 Å². The largest absolute Gasteiger partial charge is 0.357 e. The van der Waals surface area contributed by atoms with E-state index in [2.05, 4.69) is 15.3 Å². The topological polar surface area (TPSA) is 121 Å². The highest BCUT2D eigenvalue weighted by atomic mass is 32.2. The Morgan fingerprint density at radius 1 is 1.19 bits per heavy atom. The van der Waals surface area contributed by atoms with Crippen LogP contribution in [0.3, 0.4) is 0 Å². The SMILES string of the molecule is CCc1csc([C@@H](Cc2ccc(NS(=O)(=O)O)cc2)NC(=O)Cc2nc(C)sc2C)n1. The van der Waals surface area contributed by atoms with Crippen molar-refractivity contribution in [2.45, 2.75) is 46.1 Å². The summed E-state index contributed by atoms with van der Waals surface area (Å²) in [7, 11) is -4.32. The van der Waals surface area contributed by atoms with Crippen LogP contribution in [0.4, 0.5) is 5.69 Å². The van der Waals surface area contributed by atoms with Crippen LogP contribution in [0.25, 0.3) is 0 Å². The molecule has 0 aliphatic carbocycles. The van der Waals surface area contributed by atoms with Crippen LogP contribution in [0.15, 0.2) is 29.6 Å². The third kappa shape index (κ3) is 6.82. The molecule has 0 saturated carbocycles. The van der Waals surface area contributed by atoms with E-state index in [-0.39, 0.29) is 24.1 Å². The first kappa shape index (κ1) is 23.3. The molecule has 1 amide bonds. The first-order chi connectivity index (χ1) is 14.6. The molecule has 3 N–H and O–H groups in total. The summed E-state index contributed by atoms with van der Waals surface area (Å²) in [5.41, 5.74) is 2.90. The standard InChI is InChI=1S/C20H24N4O4S3/c1-4-15-11-29-20(22-15)18(23-19(25)10-17-12(2)30-13(3)21-17)9-14-5-7-16(8-6-14)24-31(26,27)28/h5-8,11,18,24H,4,9-10H2,1-3H3,(H,23,25)(H,26,27,28)/t18-/m1/s1. The van der Waals surface area contributed by atoms with E-state index in [9.17, 15) is 13.2 Å². The zero-order chi connectivity index (χ0) is 22.6. The van der Waals surface area contributed by atoms with Gasteiger partial charge in [-0.15, -0.1) is 22.7 Å². The number of anilines is 1. The van der Waals surface area contributed by atoms with Gasteiger partial charge in [0.25, 0.3) is 0 Å². The fourth-order valence-electron chi connectivity index (χ4n) is 3.07. The van der Waals surface area contributed by atoms with Crippen LogP contribution in [0.2, 0.25) is 0 Å². The van der Waals surface area contributed by atoms with E-state index in [0.717, 1.165) is 38.3 Å². The van der Waals surface area contributed by atoms with Gasteiger partial charge < -0.3 is 5.32 Å². The summed E-state index contributed by atoms with van der Waals surface area (Å²) in [6.07, 6.45) is 1.50. The second-order valence-corrected chi connectivity index (χ2v) is 10.5. The summed E-state index contributed by atoms with van der Waals surface area (Å²) in [6, 6.07) is 6.29. The molecule has 2 heterocycles. The third-order valence-corrected chi connectivity index (χ3v) is 6.96. The lowest BCUT2D eigenvalue weighted by atomic mass is 10.1. The Bertz CT molecular complexity index is 1150. The number of aryl methyl sites for hydroxylation is 3. The molecule has 0 aliphatic rings. The lowest BCUT2D eigenvalue weighted by Crippen LogP contribution is -2.31. The second-order valence-electron chi connectivity index (χ2n) is 7.04. The molecule has 0 bridgehead atoms. The number of hydrogen-bond donors (Lipinski definition) is 3. The molecule has 0 fully saturated rings. The molecule has 166 valence electrons. The lowest BCUT2D eigenvalue weighted by Gasteiger charge is -2.17. The van der Waals surface area contributed by atoms with Crippen molar-refractivity contribution in [1.82, 2.24) is 15.3 Å². The van der Waals surface area contributed by atoms with Crippen LogP contribution in [-0.4, -0.2) is 28.8 Å². The zero-order valence-electron chi connectivity index (χ0n) is 17.4. The van der Waals surface area contributed by atoms with Gasteiger partial charge in [0.05, 0.1) is 34.5 Å². The van der Waals surface area contributed by atoms with E-state index in [1.165, 1.54) is 11.3 Å². The summed E-state index contributed by atoms with van der Waals surface area (Å²) in [6.45, 7) is 5.91. The van der Waals surface area contributed by atoms with Gasteiger partial charge in [0.1, 0.15) is 5.01 Å². The number of thiazole rings is 2. The van der Waals surface area contributed by atoms with Crippen LogP contribution >= 0.6 is 22.7 Å². The molecular weight excluding hydrogens is 456 g/mol. The van der Waals surface area contributed by atoms with E-state index < -0.39 is 10.3 Å². The Kier molecular flexibility index (Phi) is 7.42. The number of nitrogens with zero attached hydrogens (tertiary/aromatic N) is 2. The van der Waals surface area contributed by atoms with Crippen molar-refractivity contribution in [3.8, 4) is 0 Å². The number of rotatable bonds is 9. The van der Waals surface area contributed by atoms with Crippen LogP contribution < -0.4 is 10.0 Å². The Balaban J connectivity index is 1.76. The van der Waals surface area contributed by atoms with Gasteiger partial charge in [-0.05, 0) is 44.4 Å². The molecule has 31 heavy (non-hydrogen) atoms. The van der Waals surface area contributed by atoms with Crippen molar-refractivity contribution in [2.24, 2.45) is 0 Å². The summed E-state index contributed by atoms with van der Waals surface area (Å²) in [5, 5.41) is 6.82. The summed E-state index contributed by atoms with van der Waals surface area (Å²) < 4.78 is 32.8. The number of benzene rings is 1. The minimum atomic E-state index is -4.32. The second kappa shape index (κ2) is 9.86. The maximum Gasteiger partial charge on any atom is 0.357 e. The van der Waals surface area contributed by atoms with Gasteiger partial charge in [-0.25, -0.2) is 9.97 Å². The predicted octanol–water partition coefficient (Wildman–Crippen LogP) is 3.64. The first-order valence-corrected chi connectivity index (χ1v) is 12.8. The lowest BCUT2D eigenvalue weighted by molar-refractivity contribution is -0.121. The molecule has 8 nitrogen and oxygen atoms in total. The number of nitrogens with one attached hydrogen (secondary N) is 2. The average molecular weight is 481 g/mol. The van der Waals surface area contributed by atoms with E-state index in [1.807, 2.05) is 30.9 Å². The van der Waals surface area contributed by atoms with Crippen molar-refractivity contribution >= 4 is 44.6 Å². The van der Waals surface area contributed by atoms with Crippen molar-refractivity contribution in [3.05, 3.63) is 61.5 Å². The smallest absolute Gasteiger partial charge is 0.346 e. The van der Waals surface area contributed by atoms with Crippen molar-refractivity contribution in [1.29, 1.82) is 0 Å². The Labute approximate surface area is 189 Å². The minimum absolute atomic E-state index is 0.128. The Morgan fingerprint density at radius 2 is 1.90 bits per heavy atom. The number of hydrogen-bond acceptors (Lipinski definition) is 7. The highest BCUT2D eigenvalue weighted by Crippen LogP contribution is 2.24. The molecule has 0 spiro atoms. The van der Waals surface area contributed by atoms with Gasteiger partial charge in [0, 0.05) is 10.3 Å². The summed E-state index contributed by atoms with van der Waals surface area (Å²) >= 11 is 3.08. The van der Waals surface area contributed by atoms with E-state index in [4.69, 9.17) is 4.55 Å². The fraction of sp³-hybridized carbons (Fsp3) is 0.350. The maximum atomic E-state index is 12.8. The average Bonchev–Trinajstić information content (AvgIpc) is 3.28. The molecule has 0 radical (unpaired) electrons. The molecular formula is C20H24N4O4S3. The van der Waals surface area contributed by atoms with Gasteiger partial charge in [0.15, 0.2) is 0 Å². The molecule has 1 aromatic carbocycles.